The molecule has 41 heavy (non-hydrogen) atoms. The Morgan fingerprint density at radius 3 is 2.49 bits per heavy atom. The Kier molecular flexibility index (Phi) is 8.25. The number of alkyl halides is 3. The molecular formula is C29H29ClF3N5O3. The Bertz CT molecular complexity index is 1410. The SMILES string of the molecule is CN(C(=O)c1ccc2c(c1)C(NC(=O)Nc1cc(C(F)(F)F)ccc1Cl)CCO2)C1CCN(c2ccncc2)CC1. The lowest BCUT2D eigenvalue weighted by atomic mass is 9.97. The molecule has 1 fully saturated rings. The number of carbonyl (C=O) groups excluding carboxylic acids is 2. The van der Waals surface area contributed by atoms with E-state index in [0.717, 1.165) is 49.8 Å². The van der Waals surface area contributed by atoms with Crippen molar-refractivity contribution in [3.05, 3.63) is 82.6 Å². The lowest BCUT2D eigenvalue weighted by Gasteiger charge is -2.38. The minimum absolute atomic E-state index is 0.0249. The number of piperidine rings is 1. The highest BCUT2D eigenvalue weighted by Crippen LogP contribution is 2.35. The van der Waals surface area contributed by atoms with Gasteiger partial charge in [-0.1, -0.05) is 11.6 Å². The Morgan fingerprint density at radius 2 is 1.78 bits per heavy atom. The van der Waals surface area contributed by atoms with Gasteiger partial charge in [-0.3, -0.25) is 9.78 Å². The van der Waals surface area contributed by atoms with Crippen LogP contribution in [-0.2, 0) is 6.18 Å². The summed E-state index contributed by atoms with van der Waals surface area (Å²) in [6, 6.07) is 10.6. The topological polar surface area (TPSA) is 86.8 Å². The van der Waals surface area contributed by atoms with Crippen molar-refractivity contribution in [2.24, 2.45) is 0 Å². The number of nitrogens with zero attached hydrogens (tertiary/aromatic N) is 3. The second-order valence-electron chi connectivity index (χ2n) is 10.1. The molecule has 3 heterocycles. The van der Waals surface area contributed by atoms with Crippen LogP contribution in [0.2, 0.25) is 5.02 Å². The van der Waals surface area contributed by atoms with Gasteiger partial charge < -0.3 is 25.2 Å². The molecule has 2 aromatic carbocycles. The molecular weight excluding hydrogens is 559 g/mol. The van der Waals surface area contributed by atoms with Crippen LogP contribution >= 0.6 is 11.6 Å². The summed E-state index contributed by atoms with van der Waals surface area (Å²) in [6.45, 7) is 1.97. The summed E-state index contributed by atoms with van der Waals surface area (Å²) in [7, 11) is 1.80. The van der Waals surface area contributed by atoms with Gasteiger partial charge in [0.05, 0.1) is 28.9 Å². The molecule has 1 atom stereocenters. The van der Waals surface area contributed by atoms with Crippen LogP contribution in [0, 0.1) is 0 Å². The van der Waals surface area contributed by atoms with E-state index in [-0.39, 0.29) is 22.7 Å². The number of ether oxygens (including phenoxy) is 1. The van der Waals surface area contributed by atoms with E-state index in [0.29, 0.717) is 29.9 Å². The Labute approximate surface area is 240 Å². The quantitative estimate of drug-likeness (QED) is 0.374. The molecule has 0 spiro atoms. The number of halogens is 4. The van der Waals surface area contributed by atoms with Crippen LogP contribution in [0.5, 0.6) is 5.75 Å². The first-order chi connectivity index (χ1) is 19.6. The van der Waals surface area contributed by atoms with Crippen LogP contribution in [0.25, 0.3) is 0 Å². The highest BCUT2D eigenvalue weighted by Gasteiger charge is 2.32. The third kappa shape index (κ3) is 6.51. The fourth-order valence-electron chi connectivity index (χ4n) is 5.23. The van der Waals surface area contributed by atoms with Crippen molar-refractivity contribution in [2.75, 3.05) is 37.0 Å². The van der Waals surface area contributed by atoms with E-state index in [9.17, 15) is 22.8 Å². The van der Waals surface area contributed by atoms with Gasteiger partial charge in [0, 0.05) is 61.8 Å². The number of hydrogen-bond acceptors (Lipinski definition) is 5. The summed E-state index contributed by atoms with van der Waals surface area (Å²) in [5.74, 6) is 0.392. The van der Waals surface area contributed by atoms with Gasteiger partial charge in [0.2, 0.25) is 0 Å². The predicted molar refractivity (Wildman–Crippen MR) is 149 cm³/mol. The average Bonchev–Trinajstić information content (AvgIpc) is 2.97. The highest BCUT2D eigenvalue weighted by molar-refractivity contribution is 6.33. The third-order valence-corrected chi connectivity index (χ3v) is 7.83. The molecule has 216 valence electrons. The lowest BCUT2D eigenvalue weighted by Crippen LogP contribution is -2.45. The monoisotopic (exact) mass is 587 g/mol. The first-order valence-electron chi connectivity index (χ1n) is 13.2. The molecule has 1 unspecified atom stereocenters. The summed E-state index contributed by atoms with van der Waals surface area (Å²) < 4.78 is 45.1. The minimum Gasteiger partial charge on any atom is -0.493 e. The van der Waals surface area contributed by atoms with Gasteiger partial charge in [0.1, 0.15) is 5.75 Å². The zero-order chi connectivity index (χ0) is 29.1. The van der Waals surface area contributed by atoms with Gasteiger partial charge in [0.25, 0.3) is 5.91 Å². The number of amides is 3. The fraction of sp³-hybridized carbons (Fsp3) is 0.345. The van der Waals surface area contributed by atoms with Crippen molar-refractivity contribution in [1.82, 2.24) is 15.2 Å². The predicted octanol–water partition coefficient (Wildman–Crippen LogP) is 6.14. The maximum Gasteiger partial charge on any atom is 0.416 e. The van der Waals surface area contributed by atoms with Crippen LogP contribution < -0.4 is 20.3 Å². The molecule has 3 amide bonds. The number of carbonyl (C=O) groups is 2. The summed E-state index contributed by atoms with van der Waals surface area (Å²) in [4.78, 5) is 34.3. The van der Waals surface area contributed by atoms with Crippen LogP contribution in [0.1, 0.15) is 46.8 Å². The van der Waals surface area contributed by atoms with Crippen LogP contribution in [0.15, 0.2) is 60.9 Å². The summed E-state index contributed by atoms with van der Waals surface area (Å²) >= 11 is 6.03. The van der Waals surface area contributed by atoms with E-state index in [1.165, 1.54) is 0 Å². The normalized spacial score (nSPS) is 17.3. The minimum atomic E-state index is -4.58. The summed E-state index contributed by atoms with van der Waals surface area (Å²) in [5, 5.41) is 5.17. The van der Waals surface area contributed by atoms with Crippen molar-refractivity contribution < 1.29 is 27.5 Å². The van der Waals surface area contributed by atoms with Crippen molar-refractivity contribution >= 4 is 34.9 Å². The molecule has 3 aromatic rings. The summed E-state index contributed by atoms with van der Waals surface area (Å²) in [5.41, 5.74) is 1.10. The summed E-state index contributed by atoms with van der Waals surface area (Å²) in [6.07, 6.45) is 1.01. The first kappa shape index (κ1) is 28.5. The molecule has 0 saturated carbocycles. The highest BCUT2D eigenvalue weighted by atomic mass is 35.5. The maximum absolute atomic E-state index is 13.5. The van der Waals surface area contributed by atoms with E-state index in [4.69, 9.17) is 16.3 Å². The molecule has 2 aliphatic heterocycles. The average molecular weight is 588 g/mol. The molecule has 2 N–H and O–H groups in total. The smallest absolute Gasteiger partial charge is 0.416 e. The largest absolute Gasteiger partial charge is 0.493 e. The van der Waals surface area contributed by atoms with Gasteiger partial charge in [-0.05, 0) is 61.4 Å². The number of nitrogens with one attached hydrogen (secondary N) is 2. The Hall–Kier alpha value is -3.99. The lowest BCUT2D eigenvalue weighted by molar-refractivity contribution is -0.137. The number of anilines is 2. The van der Waals surface area contributed by atoms with Crippen molar-refractivity contribution in [3.8, 4) is 5.75 Å². The standard InChI is InChI=1S/C29H29ClF3N5O3/c1-37(20-8-13-38(14-9-20)21-6-11-34-12-7-21)27(39)18-2-5-26-22(16-18)24(10-15-41-26)35-28(40)36-25-17-19(29(31,32)33)3-4-23(25)30/h2-7,11-12,16-17,20,24H,8-10,13-15H2,1H3,(H2,35,36,40). The van der Waals surface area contributed by atoms with Crippen LogP contribution in [0.4, 0.5) is 29.3 Å². The number of fused-ring (bicyclic) bond motifs is 1. The molecule has 0 radical (unpaired) electrons. The number of aromatic nitrogens is 1. The van der Waals surface area contributed by atoms with Crippen molar-refractivity contribution in [3.63, 3.8) is 0 Å². The first-order valence-corrected chi connectivity index (χ1v) is 13.6. The van der Waals surface area contributed by atoms with E-state index in [1.807, 2.05) is 12.1 Å². The van der Waals surface area contributed by atoms with Crippen LogP contribution in [0.3, 0.4) is 0 Å². The maximum atomic E-state index is 13.5. The molecule has 12 heteroatoms. The number of benzene rings is 2. The van der Waals surface area contributed by atoms with E-state index >= 15 is 0 Å². The molecule has 2 aliphatic rings. The van der Waals surface area contributed by atoms with Crippen molar-refractivity contribution in [2.45, 2.75) is 37.5 Å². The number of pyridine rings is 1. The molecule has 5 rings (SSSR count). The van der Waals surface area contributed by atoms with Crippen molar-refractivity contribution in [1.29, 1.82) is 0 Å². The molecule has 1 saturated heterocycles. The Balaban J connectivity index is 1.25. The number of urea groups is 1. The molecule has 0 bridgehead atoms. The van der Waals surface area contributed by atoms with E-state index in [2.05, 4.69) is 20.5 Å². The van der Waals surface area contributed by atoms with Crippen LogP contribution in [-0.4, -0.2) is 54.6 Å². The van der Waals surface area contributed by atoms with Gasteiger partial charge in [0.15, 0.2) is 0 Å². The third-order valence-electron chi connectivity index (χ3n) is 7.50. The van der Waals surface area contributed by atoms with E-state index < -0.39 is 23.8 Å². The molecule has 8 nitrogen and oxygen atoms in total. The fourth-order valence-corrected chi connectivity index (χ4v) is 5.39. The second-order valence-corrected chi connectivity index (χ2v) is 10.5. The van der Waals surface area contributed by atoms with E-state index in [1.54, 1.807) is 42.5 Å². The second kappa shape index (κ2) is 11.9. The van der Waals surface area contributed by atoms with Gasteiger partial charge in [-0.15, -0.1) is 0 Å². The van der Waals surface area contributed by atoms with Gasteiger partial charge >= 0.3 is 12.2 Å². The molecule has 1 aromatic heterocycles. The van der Waals surface area contributed by atoms with Gasteiger partial charge in [-0.25, -0.2) is 4.79 Å². The zero-order valence-corrected chi connectivity index (χ0v) is 23.0. The Morgan fingerprint density at radius 1 is 1.05 bits per heavy atom. The molecule has 0 aliphatic carbocycles. The number of hydrogen-bond donors (Lipinski definition) is 2. The number of rotatable bonds is 5. The van der Waals surface area contributed by atoms with Gasteiger partial charge in [-0.2, -0.15) is 13.2 Å². The zero-order valence-electron chi connectivity index (χ0n) is 22.2.